The molecule has 0 spiro atoms. The van der Waals surface area contributed by atoms with Crippen LogP contribution in [-0.2, 0) is 12.8 Å². The number of halogens is 1. The van der Waals surface area contributed by atoms with Crippen molar-refractivity contribution in [1.29, 1.82) is 0 Å². The van der Waals surface area contributed by atoms with E-state index in [9.17, 15) is 0 Å². The summed E-state index contributed by atoms with van der Waals surface area (Å²) in [5.74, 6) is 0.237. The molecule has 6 heteroatoms. The number of hydrogen-bond donors (Lipinski definition) is 2. The first kappa shape index (κ1) is 15.3. The van der Waals surface area contributed by atoms with E-state index in [4.69, 9.17) is 4.98 Å². The molecule has 1 fully saturated rings. The van der Waals surface area contributed by atoms with Crippen LogP contribution in [-0.4, -0.2) is 25.4 Å². The second-order valence-corrected chi connectivity index (χ2v) is 7.92. The van der Waals surface area contributed by atoms with Gasteiger partial charge < -0.3 is 0 Å². The van der Waals surface area contributed by atoms with Gasteiger partial charge in [-0.3, -0.25) is 10.2 Å². The molecule has 0 atom stereocenters. The maximum atomic E-state index is 15.1. The summed E-state index contributed by atoms with van der Waals surface area (Å²) in [6.07, 6.45) is 8.38. The third-order valence-corrected chi connectivity index (χ3v) is 6.15. The number of hydrogen-bond acceptors (Lipinski definition) is 3. The first-order valence-corrected chi connectivity index (χ1v) is 9.74. The van der Waals surface area contributed by atoms with Crippen LogP contribution < -0.4 is 0 Å². The number of aryl methyl sites for hydroxylation is 2. The van der Waals surface area contributed by atoms with Gasteiger partial charge in [-0.25, -0.2) is 9.37 Å². The Hall–Kier alpha value is -2.76. The van der Waals surface area contributed by atoms with Gasteiger partial charge in [0, 0.05) is 39.7 Å². The molecule has 4 aromatic rings. The average Bonchev–Trinajstić information content (AvgIpc) is 3.31. The van der Waals surface area contributed by atoms with Crippen LogP contribution in [0.25, 0.3) is 33.1 Å². The zero-order valence-electron chi connectivity index (χ0n) is 15.2. The monoisotopic (exact) mass is 361 g/mol. The molecule has 0 bridgehead atoms. The second kappa shape index (κ2) is 5.38. The predicted molar refractivity (Wildman–Crippen MR) is 102 cm³/mol. The van der Waals surface area contributed by atoms with Gasteiger partial charge in [0.1, 0.15) is 5.52 Å². The van der Waals surface area contributed by atoms with E-state index in [-0.39, 0.29) is 5.82 Å². The molecule has 0 saturated heterocycles. The lowest BCUT2D eigenvalue weighted by molar-refractivity contribution is 0.636. The molecular weight excluding hydrogens is 341 g/mol. The molecule has 2 N–H and O–H groups in total. The molecule has 2 aliphatic rings. The molecule has 136 valence electrons. The van der Waals surface area contributed by atoms with Gasteiger partial charge in [-0.15, -0.1) is 0 Å². The van der Waals surface area contributed by atoms with Crippen molar-refractivity contribution in [2.45, 2.75) is 51.4 Å². The Morgan fingerprint density at radius 1 is 1.07 bits per heavy atom. The molecule has 6 rings (SSSR count). The van der Waals surface area contributed by atoms with Crippen LogP contribution in [0.5, 0.6) is 0 Å². The highest BCUT2D eigenvalue weighted by molar-refractivity contribution is 6.10. The quantitative estimate of drug-likeness (QED) is 0.543. The average molecular weight is 361 g/mol. The Kier molecular flexibility index (Phi) is 3.05. The summed E-state index contributed by atoms with van der Waals surface area (Å²) >= 11 is 0. The highest BCUT2D eigenvalue weighted by atomic mass is 19.1. The first-order valence-electron chi connectivity index (χ1n) is 9.74. The van der Waals surface area contributed by atoms with Crippen molar-refractivity contribution in [3.05, 3.63) is 40.6 Å². The minimum absolute atomic E-state index is 0.290. The molecule has 27 heavy (non-hydrogen) atoms. The summed E-state index contributed by atoms with van der Waals surface area (Å²) in [6.45, 7) is 1.99. The predicted octanol–water partition coefficient (Wildman–Crippen LogP) is 4.70. The molecule has 0 aliphatic heterocycles. The van der Waals surface area contributed by atoms with E-state index < -0.39 is 0 Å². The SMILES string of the molecule is Cc1[nH]ncc1-c1nc2c(F)cc3n[nH]c(C4CC4)c3c2c2c1CCCC2. The molecule has 0 radical (unpaired) electrons. The van der Waals surface area contributed by atoms with Gasteiger partial charge >= 0.3 is 0 Å². The Balaban J connectivity index is 1.79. The van der Waals surface area contributed by atoms with E-state index in [0.29, 0.717) is 11.4 Å². The largest absolute Gasteiger partial charge is 0.282 e. The van der Waals surface area contributed by atoms with Crippen LogP contribution in [0.3, 0.4) is 0 Å². The summed E-state index contributed by atoms with van der Waals surface area (Å²) in [5, 5.41) is 16.8. The van der Waals surface area contributed by atoms with E-state index in [1.807, 2.05) is 13.1 Å². The highest BCUT2D eigenvalue weighted by Gasteiger charge is 2.31. The number of pyridine rings is 1. The molecular formula is C21H20FN5. The van der Waals surface area contributed by atoms with Gasteiger partial charge in [-0.2, -0.15) is 10.2 Å². The van der Waals surface area contributed by atoms with E-state index in [1.54, 1.807) is 0 Å². The van der Waals surface area contributed by atoms with Crippen molar-refractivity contribution < 1.29 is 4.39 Å². The topological polar surface area (TPSA) is 70.2 Å². The summed E-state index contributed by atoms with van der Waals surface area (Å²) < 4.78 is 15.1. The van der Waals surface area contributed by atoms with Crippen LogP contribution in [0.2, 0.25) is 0 Å². The maximum Gasteiger partial charge on any atom is 0.151 e. The lowest BCUT2D eigenvalue weighted by Gasteiger charge is -2.22. The Bertz CT molecular complexity index is 1210. The first-order chi connectivity index (χ1) is 13.2. The number of benzene rings is 1. The molecule has 2 aliphatic carbocycles. The van der Waals surface area contributed by atoms with E-state index in [0.717, 1.165) is 64.6 Å². The lowest BCUT2D eigenvalue weighted by Crippen LogP contribution is -2.09. The van der Waals surface area contributed by atoms with Gasteiger partial charge in [-0.05, 0) is 56.6 Å². The third kappa shape index (κ3) is 2.13. The normalized spacial score (nSPS) is 17.0. The summed E-state index contributed by atoms with van der Waals surface area (Å²) in [4.78, 5) is 4.87. The number of aromatic nitrogens is 5. The third-order valence-electron chi connectivity index (χ3n) is 6.15. The fourth-order valence-electron chi connectivity index (χ4n) is 4.67. The molecule has 3 heterocycles. The number of aromatic amines is 2. The molecule has 1 saturated carbocycles. The van der Waals surface area contributed by atoms with Crippen molar-refractivity contribution in [2.75, 3.05) is 0 Å². The van der Waals surface area contributed by atoms with Gasteiger partial charge in [0.2, 0.25) is 0 Å². The van der Waals surface area contributed by atoms with Crippen molar-refractivity contribution in [2.24, 2.45) is 0 Å². The maximum absolute atomic E-state index is 15.1. The van der Waals surface area contributed by atoms with E-state index in [2.05, 4.69) is 20.4 Å². The standard InChI is InChI=1S/C21H20FN5/c1-10-14(9-23-25-10)20-13-5-3-2-4-12(13)17-18-16(8-15(22)21(17)24-20)26-27-19(18)11-6-7-11/h8-9,11H,2-7H2,1H3,(H,23,25)(H,26,27). The Morgan fingerprint density at radius 2 is 1.89 bits per heavy atom. The van der Waals surface area contributed by atoms with Gasteiger partial charge in [0.05, 0.1) is 17.4 Å². The molecule has 3 aromatic heterocycles. The number of nitrogens with one attached hydrogen (secondary N) is 2. The van der Waals surface area contributed by atoms with Gasteiger partial charge in [0.25, 0.3) is 0 Å². The van der Waals surface area contributed by atoms with Crippen LogP contribution in [0, 0.1) is 12.7 Å². The van der Waals surface area contributed by atoms with E-state index in [1.165, 1.54) is 30.0 Å². The summed E-state index contributed by atoms with van der Waals surface area (Å²) in [5.41, 5.74) is 7.71. The molecule has 5 nitrogen and oxygen atoms in total. The lowest BCUT2D eigenvalue weighted by atomic mass is 9.85. The molecule has 0 unspecified atom stereocenters. The molecule has 0 amide bonds. The summed E-state index contributed by atoms with van der Waals surface area (Å²) in [7, 11) is 0. The number of nitrogens with zero attached hydrogens (tertiary/aromatic N) is 3. The number of H-pyrrole nitrogens is 2. The van der Waals surface area contributed by atoms with Crippen LogP contribution >= 0.6 is 0 Å². The molecule has 1 aromatic carbocycles. The van der Waals surface area contributed by atoms with Crippen molar-refractivity contribution in [3.8, 4) is 11.3 Å². The zero-order valence-corrected chi connectivity index (χ0v) is 15.2. The fraction of sp³-hybridized carbons (Fsp3) is 0.381. The smallest absolute Gasteiger partial charge is 0.151 e. The highest BCUT2D eigenvalue weighted by Crippen LogP contribution is 2.46. The van der Waals surface area contributed by atoms with E-state index >= 15 is 4.39 Å². The van der Waals surface area contributed by atoms with Crippen LogP contribution in [0.4, 0.5) is 4.39 Å². The van der Waals surface area contributed by atoms with Gasteiger partial charge in [-0.1, -0.05) is 0 Å². The van der Waals surface area contributed by atoms with Crippen molar-refractivity contribution >= 4 is 21.8 Å². The van der Waals surface area contributed by atoms with Crippen LogP contribution in [0.1, 0.15) is 54.1 Å². The van der Waals surface area contributed by atoms with Gasteiger partial charge in [0.15, 0.2) is 5.82 Å². The Labute approximate surface area is 155 Å². The fourth-order valence-corrected chi connectivity index (χ4v) is 4.67. The van der Waals surface area contributed by atoms with Crippen molar-refractivity contribution in [3.63, 3.8) is 0 Å². The second-order valence-electron chi connectivity index (χ2n) is 7.92. The minimum Gasteiger partial charge on any atom is -0.282 e. The number of rotatable bonds is 2. The number of fused-ring (bicyclic) bond motifs is 5. The Morgan fingerprint density at radius 3 is 2.63 bits per heavy atom. The zero-order chi connectivity index (χ0) is 18.1. The van der Waals surface area contributed by atoms with Crippen molar-refractivity contribution in [1.82, 2.24) is 25.4 Å². The van der Waals surface area contributed by atoms with Crippen LogP contribution in [0.15, 0.2) is 12.3 Å². The summed E-state index contributed by atoms with van der Waals surface area (Å²) in [6, 6.07) is 1.54. The minimum atomic E-state index is -0.290.